The van der Waals surface area contributed by atoms with Crippen molar-refractivity contribution in [2.45, 2.75) is 17.9 Å². The summed E-state index contributed by atoms with van der Waals surface area (Å²) in [6.07, 6.45) is 0. The lowest BCUT2D eigenvalue weighted by molar-refractivity contribution is 0.171. The Hall–Kier alpha value is -2.19. The van der Waals surface area contributed by atoms with Crippen LogP contribution in [-0.2, 0) is 10.0 Å². The van der Waals surface area contributed by atoms with E-state index in [2.05, 4.69) is 4.72 Å². The highest BCUT2D eigenvalue weighted by molar-refractivity contribution is 7.89. The molecule has 0 spiro atoms. The molecule has 0 saturated heterocycles. The number of ether oxygens (including phenoxy) is 2. The molecular formula is C16H15F2NO4S. The fourth-order valence-electron chi connectivity index (χ4n) is 2.38. The fourth-order valence-corrected chi connectivity index (χ4v) is 3.65. The van der Waals surface area contributed by atoms with Crippen LogP contribution in [0.3, 0.4) is 0 Å². The number of hydrogen-bond acceptors (Lipinski definition) is 4. The van der Waals surface area contributed by atoms with Crippen LogP contribution < -0.4 is 14.2 Å². The van der Waals surface area contributed by atoms with E-state index in [4.69, 9.17) is 9.47 Å². The summed E-state index contributed by atoms with van der Waals surface area (Å²) in [4.78, 5) is -0.468. The lowest BCUT2D eigenvalue weighted by atomic mass is 10.1. The zero-order valence-electron chi connectivity index (χ0n) is 12.8. The largest absolute Gasteiger partial charge is 0.486 e. The van der Waals surface area contributed by atoms with Gasteiger partial charge in [0.25, 0.3) is 0 Å². The lowest BCUT2D eigenvalue weighted by Crippen LogP contribution is -2.27. The van der Waals surface area contributed by atoms with Crippen LogP contribution in [0.25, 0.3) is 0 Å². The number of sulfonamides is 1. The van der Waals surface area contributed by atoms with Gasteiger partial charge in [0, 0.05) is 12.1 Å². The van der Waals surface area contributed by atoms with Crippen molar-refractivity contribution in [2.24, 2.45) is 0 Å². The van der Waals surface area contributed by atoms with E-state index in [0.717, 1.165) is 12.1 Å². The predicted molar refractivity (Wildman–Crippen MR) is 82.5 cm³/mol. The van der Waals surface area contributed by atoms with Crippen LogP contribution in [0.5, 0.6) is 11.5 Å². The maximum absolute atomic E-state index is 13.2. The molecule has 0 aliphatic carbocycles. The molecule has 1 aliphatic rings. The minimum atomic E-state index is -4.08. The molecule has 24 heavy (non-hydrogen) atoms. The Labute approximate surface area is 138 Å². The van der Waals surface area contributed by atoms with Crippen molar-refractivity contribution < 1.29 is 26.7 Å². The molecule has 0 aromatic heterocycles. The second-order valence-corrected chi connectivity index (χ2v) is 7.07. The highest BCUT2D eigenvalue weighted by Gasteiger charge is 2.21. The fraction of sp³-hybridized carbons (Fsp3) is 0.250. The summed E-state index contributed by atoms with van der Waals surface area (Å²) in [5, 5.41) is 0. The van der Waals surface area contributed by atoms with E-state index in [1.165, 1.54) is 0 Å². The third-order valence-electron chi connectivity index (χ3n) is 3.54. The van der Waals surface area contributed by atoms with Gasteiger partial charge in [-0.1, -0.05) is 6.07 Å². The van der Waals surface area contributed by atoms with E-state index < -0.39 is 32.6 Å². The maximum Gasteiger partial charge on any atom is 0.241 e. The summed E-state index contributed by atoms with van der Waals surface area (Å²) in [6, 6.07) is 6.58. The molecule has 0 bridgehead atoms. The third kappa shape index (κ3) is 3.49. The number of halogens is 2. The maximum atomic E-state index is 13.2. The van der Waals surface area contributed by atoms with E-state index >= 15 is 0 Å². The first kappa shape index (κ1) is 16.7. The zero-order valence-corrected chi connectivity index (χ0v) is 13.6. The lowest BCUT2D eigenvalue weighted by Gasteiger charge is -2.21. The Morgan fingerprint density at radius 2 is 1.62 bits per heavy atom. The molecule has 128 valence electrons. The Morgan fingerprint density at radius 1 is 1.00 bits per heavy atom. The van der Waals surface area contributed by atoms with E-state index in [0.29, 0.717) is 36.3 Å². The first-order valence-electron chi connectivity index (χ1n) is 7.23. The van der Waals surface area contributed by atoms with Crippen molar-refractivity contribution >= 4 is 10.0 Å². The Bertz CT molecular complexity index is 850. The molecule has 0 unspecified atom stereocenters. The van der Waals surface area contributed by atoms with Crippen molar-refractivity contribution in [1.29, 1.82) is 0 Å². The quantitative estimate of drug-likeness (QED) is 0.916. The summed E-state index contributed by atoms with van der Waals surface area (Å²) in [7, 11) is -4.08. The van der Waals surface area contributed by atoms with Crippen molar-refractivity contribution in [3.63, 3.8) is 0 Å². The Balaban J connectivity index is 1.84. The summed E-state index contributed by atoms with van der Waals surface area (Å²) in [5.74, 6) is -0.793. The standard InChI is InChI=1S/C16H15F2NO4S/c1-10(11-2-3-15-16(6-11)23-5-4-22-15)19-24(20,21)14-8-12(17)7-13(18)9-14/h2-3,6-10,19H,4-5H2,1H3/t10-/m1/s1. The van der Waals surface area contributed by atoms with Crippen LogP contribution in [0.1, 0.15) is 18.5 Å². The van der Waals surface area contributed by atoms with Crippen molar-refractivity contribution in [3.8, 4) is 11.5 Å². The van der Waals surface area contributed by atoms with Crippen molar-refractivity contribution in [2.75, 3.05) is 13.2 Å². The average Bonchev–Trinajstić information content (AvgIpc) is 2.53. The highest BCUT2D eigenvalue weighted by Crippen LogP contribution is 2.33. The molecule has 1 aliphatic heterocycles. The van der Waals surface area contributed by atoms with Crippen LogP contribution in [-0.4, -0.2) is 21.6 Å². The smallest absolute Gasteiger partial charge is 0.241 e. The summed E-state index contributed by atoms with van der Waals surface area (Å²) < 4.78 is 64.4. The molecule has 2 aromatic rings. The normalized spacial score (nSPS) is 15.1. The van der Waals surface area contributed by atoms with E-state index in [9.17, 15) is 17.2 Å². The van der Waals surface area contributed by atoms with Crippen LogP contribution in [0.2, 0.25) is 0 Å². The number of rotatable bonds is 4. The van der Waals surface area contributed by atoms with E-state index in [1.54, 1.807) is 25.1 Å². The van der Waals surface area contributed by atoms with Crippen molar-refractivity contribution in [1.82, 2.24) is 4.72 Å². The molecule has 2 aromatic carbocycles. The molecule has 1 N–H and O–H groups in total. The van der Waals surface area contributed by atoms with Gasteiger partial charge in [0.1, 0.15) is 24.8 Å². The molecule has 0 radical (unpaired) electrons. The minimum Gasteiger partial charge on any atom is -0.486 e. The SMILES string of the molecule is C[C@@H](NS(=O)(=O)c1cc(F)cc(F)c1)c1ccc2c(c1)OCCO2. The molecular weight excluding hydrogens is 340 g/mol. The number of nitrogens with one attached hydrogen (secondary N) is 1. The van der Waals surface area contributed by atoms with Gasteiger partial charge in [-0.2, -0.15) is 0 Å². The van der Waals surface area contributed by atoms with Gasteiger partial charge in [0.05, 0.1) is 4.90 Å². The van der Waals surface area contributed by atoms with Gasteiger partial charge in [-0.15, -0.1) is 0 Å². The van der Waals surface area contributed by atoms with Gasteiger partial charge in [-0.25, -0.2) is 21.9 Å². The van der Waals surface area contributed by atoms with E-state index in [1.807, 2.05) is 0 Å². The summed E-state index contributed by atoms with van der Waals surface area (Å²) in [5.41, 5.74) is 0.639. The van der Waals surface area contributed by atoms with Crippen LogP contribution in [0.4, 0.5) is 8.78 Å². The first-order valence-corrected chi connectivity index (χ1v) is 8.71. The van der Waals surface area contributed by atoms with E-state index in [-0.39, 0.29) is 0 Å². The second-order valence-electron chi connectivity index (χ2n) is 5.35. The summed E-state index contributed by atoms with van der Waals surface area (Å²) >= 11 is 0. The average molecular weight is 355 g/mol. The Kier molecular flexibility index (Phi) is 4.42. The van der Waals surface area contributed by atoms with Gasteiger partial charge >= 0.3 is 0 Å². The summed E-state index contributed by atoms with van der Waals surface area (Å²) in [6.45, 7) is 2.50. The van der Waals surface area contributed by atoms with Crippen LogP contribution >= 0.6 is 0 Å². The number of benzene rings is 2. The molecule has 1 atom stereocenters. The highest BCUT2D eigenvalue weighted by atomic mass is 32.2. The molecule has 0 fully saturated rings. The van der Waals surface area contributed by atoms with Gasteiger partial charge in [0.15, 0.2) is 11.5 Å². The van der Waals surface area contributed by atoms with Crippen LogP contribution in [0, 0.1) is 11.6 Å². The van der Waals surface area contributed by atoms with Crippen LogP contribution in [0.15, 0.2) is 41.3 Å². The molecule has 0 saturated carbocycles. The van der Waals surface area contributed by atoms with Gasteiger partial charge in [0.2, 0.25) is 10.0 Å². The zero-order chi connectivity index (χ0) is 17.3. The molecule has 5 nitrogen and oxygen atoms in total. The molecule has 8 heteroatoms. The van der Waals surface area contributed by atoms with Gasteiger partial charge < -0.3 is 9.47 Å². The third-order valence-corrected chi connectivity index (χ3v) is 5.06. The predicted octanol–water partition coefficient (Wildman–Crippen LogP) is 2.78. The molecule has 3 rings (SSSR count). The van der Waals surface area contributed by atoms with Gasteiger partial charge in [-0.3, -0.25) is 0 Å². The number of hydrogen-bond donors (Lipinski definition) is 1. The molecule has 0 amide bonds. The molecule has 1 heterocycles. The monoisotopic (exact) mass is 355 g/mol. The van der Waals surface area contributed by atoms with Crippen molar-refractivity contribution in [3.05, 3.63) is 53.6 Å². The van der Waals surface area contributed by atoms with Gasteiger partial charge in [-0.05, 0) is 36.8 Å². The second kappa shape index (κ2) is 6.37. The topological polar surface area (TPSA) is 64.6 Å². The minimum absolute atomic E-state index is 0.416. The Morgan fingerprint density at radius 3 is 2.29 bits per heavy atom. The number of fused-ring (bicyclic) bond motifs is 1. The first-order chi connectivity index (χ1) is 11.3.